The van der Waals surface area contributed by atoms with Crippen LogP contribution in [-0.2, 0) is 17.9 Å². The number of halogens is 1. The van der Waals surface area contributed by atoms with Gasteiger partial charge in [-0.15, -0.1) is 0 Å². The van der Waals surface area contributed by atoms with Gasteiger partial charge in [-0.2, -0.15) is 0 Å². The fourth-order valence-corrected chi connectivity index (χ4v) is 3.12. The molecule has 0 radical (unpaired) electrons. The standard InChI is InChI=1S/C20H24ClNO2/c1-15-5-2-3-6-16(15)14-24-20-9-8-18(21)11-17(20)12-22-13-19-7-4-10-23-19/h2-3,5-6,8-9,11,19,22H,4,7,10,12-14H2,1H3. The Hall–Kier alpha value is -1.55. The van der Waals surface area contributed by atoms with Gasteiger partial charge in [-0.25, -0.2) is 0 Å². The number of rotatable bonds is 7. The Morgan fingerprint density at radius 3 is 2.88 bits per heavy atom. The van der Waals surface area contributed by atoms with E-state index in [9.17, 15) is 0 Å². The second kappa shape index (κ2) is 8.52. The van der Waals surface area contributed by atoms with Crippen LogP contribution in [0, 0.1) is 6.92 Å². The van der Waals surface area contributed by atoms with Crippen LogP contribution >= 0.6 is 11.6 Å². The summed E-state index contributed by atoms with van der Waals surface area (Å²) >= 11 is 6.16. The molecule has 0 amide bonds. The molecule has 0 aliphatic carbocycles. The summed E-state index contributed by atoms with van der Waals surface area (Å²) in [6.45, 7) is 5.14. The topological polar surface area (TPSA) is 30.5 Å². The molecule has 3 rings (SSSR count). The first-order chi connectivity index (χ1) is 11.7. The Morgan fingerprint density at radius 1 is 1.21 bits per heavy atom. The van der Waals surface area contributed by atoms with E-state index < -0.39 is 0 Å². The minimum absolute atomic E-state index is 0.334. The van der Waals surface area contributed by atoms with Gasteiger partial charge < -0.3 is 14.8 Å². The highest BCUT2D eigenvalue weighted by molar-refractivity contribution is 6.30. The van der Waals surface area contributed by atoms with E-state index in [1.54, 1.807) is 0 Å². The maximum atomic E-state index is 6.16. The summed E-state index contributed by atoms with van der Waals surface area (Å²) in [5.74, 6) is 0.877. The molecule has 4 heteroatoms. The molecule has 1 atom stereocenters. The molecule has 1 N–H and O–H groups in total. The lowest BCUT2D eigenvalue weighted by molar-refractivity contribution is 0.110. The predicted octanol–water partition coefficient (Wildman–Crippen LogP) is 4.50. The molecule has 1 saturated heterocycles. The van der Waals surface area contributed by atoms with Crippen molar-refractivity contribution >= 4 is 11.6 Å². The average Bonchev–Trinajstić information content (AvgIpc) is 3.09. The molecule has 1 heterocycles. The van der Waals surface area contributed by atoms with Gasteiger partial charge in [0.1, 0.15) is 12.4 Å². The van der Waals surface area contributed by atoms with E-state index in [1.165, 1.54) is 11.1 Å². The fraction of sp³-hybridized carbons (Fsp3) is 0.400. The number of ether oxygens (including phenoxy) is 2. The SMILES string of the molecule is Cc1ccccc1COc1ccc(Cl)cc1CNCC1CCCO1. The lowest BCUT2D eigenvalue weighted by atomic mass is 10.1. The number of benzene rings is 2. The lowest BCUT2D eigenvalue weighted by Gasteiger charge is -2.15. The summed E-state index contributed by atoms with van der Waals surface area (Å²) in [5, 5.41) is 4.19. The van der Waals surface area contributed by atoms with E-state index in [2.05, 4.69) is 24.4 Å². The highest BCUT2D eigenvalue weighted by atomic mass is 35.5. The molecule has 1 unspecified atom stereocenters. The van der Waals surface area contributed by atoms with Crippen molar-refractivity contribution in [2.45, 2.75) is 39.0 Å². The van der Waals surface area contributed by atoms with Crippen LogP contribution in [0.4, 0.5) is 0 Å². The van der Waals surface area contributed by atoms with E-state index in [0.717, 1.165) is 48.9 Å². The largest absolute Gasteiger partial charge is 0.489 e. The van der Waals surface area contributed by atoms with Crippen LogP contribution in [0.5, 0.6) is 5.75 Å². The van der Waals surface area contributed by atoms with Crippen molar-refractivity contribution in [1.82, 2.24) is 5.32 Å². The van der Waals surface area contributed by atoms with Gasteiger partial charge in [-0.1, -0.05) is 35.9 Å². The van der Waals surface area contributed by atoms with Gasteiger partial charge in [-0.05, 0) is 49.1 Å². The quantitative estimate of drug-likeness (QED) is 0.801. The Labute approximate surface area is 148 Å². The Kier molecular flexibility index (Phi) is 6.13. The summed E-state index contributed by atoms with van der Waals surface area (Å²) in [7, 11) is 0. The summed E-state index contributed by atoms with van der Waals surface area (Å²) in [6, 6.07) is 14.1. The van der Waals surface area contributed by atoms with Gasteiger partial charge in [0.05, 0.1) is 6.10 Å². The van der Waals surface area contributed by atoms with Crippen LogP contribution in [0.15, 0.2) is 42.5 Å². The molecular weight excluding hydrogens is 322 g/mol. The Balaban J connectivity index is 1.60. The van der Waals surface area contributed by atoms with Crippen LogP contribution in [-0.4, -0.2) is 19.3 Å². The molecule has 0 aromatic heterocycles. The normalized spacial score (nSPS) is 17.2. The molecule has 1 aliphatic heterocycles. The monoisotopic (exact) mass is 345 g/mol. The molecule has 1 aliphatic rings. The van der Waals surface area contributed by atoms with Gasteiger partial charge in [0, 0.05) is 30.3 Å². The van der Waals surface area contributed by atoms with E-state index in [0.29, 0.717) is 12.7 Å². The van der Waals surface area contributed by atoms with Crippen molar-refractivity contribution in [3.8, 4) is 5.75 Å². The lowest BCUT2D eigenvalue weighted by Crippen LogP contribution is -2.26. The van der Waals surface area contributed by atoms with Crippen molar-refractivity contribution in [2.75, 3.05) is 13.2 Å². The van der Waals surface area contributed by atoms with Gasteiger partial charge in [0.25, 0.3) is 0 Å². The Bertz CT molecular complexity index is 668. The molecule has 24 heavy (non-hydrogen) atoms. The number of nitrogens with one attached hydrogen (secondary N) is 1. The number of aryl methyl sites for hydroxylation is 1. The second-order valence-corrected chi connectivity index (χ2v) is 6.67. The summed E-state index contributed by atoms with van der Waals surface area (Å²) in [5.41, 5.74) is 3.52. The molecule has 0 saturated carbocycles. The summed E-state index contributed by atoms with van der Waals surface area (Å²) in [6.07, 6.45) is 2.63. The highest BCUT2D eigenvalue weighted by Gasteiger charge is 2.15. The fourth-order valence-electron chi connectivity index (χ4n) is 2.93. The van der Waals surface area contributed by atoms with Crippen LogP contribution in [0.2, 0.25) is 5.02 Å². The number of hydrogen-bond acceptors (Lipinski definition) is 3. The van der Waals surface area contributed by atoms with Crippen LogP contribution in [0.25, 0.3) is 0 Å². The van der Waals surface area contributed by atoms with Crippen LogP contribution < -0.4 is 10.1 Å². The first-order valence-electron chi connectivity index (χ1n) is 8.50. The molecule has 128 valence electrons. The third-order valence-corrected chi connectivity index (χ3v) is 4.61. The van der Waals surface area contributed by atoms with Crippen molar-refractivity contribution in [3.05, 3.63) is 64.2 Å². The van der Waals surface area contributed by atoms with E-state index in [-0.39, 0.29) is 0 Å². The zero-order valence-corrected chi connectivity index (χ0v) is 14.8. The third kappa shape index (κ3) is 4.73. The van der Waals surface area contributed by atoms with Crippen LogP contribution in [0.3, 0.4) is 0 Å². The van der Waals surface area contributed by atoms with Crippen molar-refractivity contribution < 1.29 is 9.47 Å². The zero-order chi connectivity index (χ0) is 16.8. The number of hydrogen-bond donors (Lipinski definition) is 1. The first-order valence-corrected chi connectivity index (χ1v) is 8.88. The highest BCUT2D eigenvalue weighted by Crippen LogP contribution is 2.24. The zero-order valence-electron chi connectivity index (χ0n) is 14.1. The first kappa shape index (κ1) is 17.3. The van der Waals surface area contributed by atoms with Gasteiger partial charge in [0.2, 0.25) is 0 Å². The van der Waals surface area contributed by atoms with E-state index >= 15 is 0 Å². The summed E-state index contributed by atoms with van der Waals surface area (Å²) in [4.78, 5) is 0. The molecule has 2 aromatic carbocycles. The molecule has 3 nitrogen and oxygen atoms in total. The minimum Gasteiger partial charge on any atom is -0.489 e. The summed E-state index contributed by atoms with van der Waals surface area (Å²) < 4.78 is 11.7. The molecular formula is C20H24ClNO2. The van der Waals surface area contributed by atoms with Crippen molar-refractivity contribution in [3.63, 3.8) is 0 Å². The molecule has 1 fully saturated rings. The maximum absolute atomic E-state index is 6.16. The van der Waals surface area contributed by atoms with Crippen molar-refractivity contribution in [2.24, 2.45) is 0 Å². The Morgan fingerprint density at radius 2 is 2.08 bits per heavy atom. The predicted molar refractivity (Wildman–Crippen MR) is 97.6 cm³/mol. The van der Waals surface area contributed by atoms with E-state index in [1.807, 2.05) is 30.3 Å². The molecule has 0 spiro atoms. The van der Waals surface area contributed by atoms with Crippen molar-refractivity contribution in [1.29, 1.82) is 0 Å². The minimum atomic E-state index is 0.334. The van der Waals surface area contributed by atoms with E-state index in [4.69, 9.17) is 21.1 Å². The smallest absolute Gasteiger partial charge is 0.124 e. The van der Waals surface area contributed by atoms with Crippen LogP contribution in [0.1, 0.15) is 29.5 Å². The maximum Gasteiger partial charge on any atom is 0.124 e. The van der Waals surface area contributed by atoms with Gasteiger partial charge >= 0.3 is 0 Å². The molecule has 0 bridgehead atoms. The average molecular weight is 346 g/mol. The third-order valence-electron chi connectivity index (χ3n) is 4.38. The molecule has 2 aromatic rings. The second-order valence-electron chi connectivity index (χ2n) is 6.23. The van der Waals surface area contributed by atoms with Gasteiger partial charge in [-0.3, -0.25) is 0 Å². The van der Waals surface area contributed by atoms with Gasteiger partial charge in [0.15, 0.2) is 0 Å².